The van der Waals surface area contributed by atoms with Crippen molar-refractivity contribution in [1.82, 2.24) is 5.48 Å². The van der Waals surface area contributed by atoms with Crippen molar-refractivity contribution in [1.29, 1.82) is 0 Å². The molecule has 0 saturated heterocycles. The number of fused-ring (bicyclic) bond motifs is 1. The number of anilines is 1. The smallest absolute Gasteiger partial charge is 0.414 e. The molecule has 1 aliphatic rings. The summed E-state index contributed by atoms with van der Waals surface area (Å²) in [4.78, 5) is 18.7. The summed E-state index contributed by atoms with van der Waals surface area (Å²) >= 11 is 0. The Labute approximate surface area is 119 Å². The van der Waals surface area contributed by atoms with Gasteiger partial charge in [-0.1, -0.05) is 12.1 Å². The molecule has 1 amide bonds. The van der Waals surface area contributed by atoms with Gasteiger partial charge in [0, 0.05) is 13.1 Å². The van der Waals surface area contributed by atoms with E-state index in [1.54, 1.807) is 12.0 Å². The topological polar surface area (TPSA) is 50.8 Å². The fourth-order valence-corrected chi connectivity index (χ4v) is 2.23. The van der Waals surface area contributed by atoms with Crippen LogP contribution in [0.25, 0.3) is 0 Å². The molecule has 0 spiro atoms. The van der Waals surface area contributed by atoms with Crippen LogP contribution in [0.3, 0.4) is 0 Å². The van der Waals surface area contributed by atoms with E-state index in [9.17, 15) is 4.79 Å². The van der Waals surface area contributed by atoms with Crippen molar-refractivity contribution in [3.63, 3.8) is 0 Å². The van der Waals surface area contributed by atoms with Crippen LogP contribution < -0.4 is 10.4 Å². The lowest BCUT2D eigenvalue weighted by atomic mass is 10.1. The first-order valence-electron chi connectivity index (χ1n) is 6.79. The Hall–Kier alpha value is -1.59. The van der Waals surface area contributed by atoms with Crippen LogP contribution in [-0.4, -0.2) is 25.3 Å². The fraction of sp³-hybridized carbons (Fsp3) is 0.533. The van der Waals surface area contributed by atoms with Gasteiger partial charge in [-0.25, -0.2) is 4.79 Å². The summed E-state index contributed by atoms with van der Waals surface area (Å²) in [6.07, 6.45) is 0.578. The second-order valence-corrected chi connectivity index (χ2v) is 5.87. The summed E-state index contributed by atoms with van der Waals surface area (Å²) in [5, 5.41) is 0. The van der Waals surface area contributed by atoms with Crippen LogP contribution in [0.1, 0.15) is 31.9 Å². The highest BCUT2D eigenvalue weighted by molar-refractivity contribution is 5.90. The van der Waals surface area contributed by atoms with E-state index < -0.39 is 5.60 Å². The highest BCUT2D eigenvalue weighted by Gasteiger charge is 2.28. The largest absolute Gasteiger partial charge is 0.443 e. The van der Waals surface area contributed by atoms with Crippen molar-refractivity contribution in [2.24, 2.45) is 0 Å². The molecule has 0 fully saturated rings. The van der Waals surface area contributed by atoms with Crippen molar-refractivity contribution in [3.8, 4) is 0 Å². The summed E-state index contributed by atoms with van der Waals surface area (Å²) in [5.41, 5.74) is 5.60. The summed E-state index contributed by atoms with van der Waals surface area (Å²) in [6.45, 7) is 6.95. The van der Waals surface area contributed by atoms with Gasteiger partial charge in [-0.15, -0.1) is 0 Å². The average molecular weight is 278 g/mol. The van der Waals surface area contributed by atoms with Gasteiger partial charge >= 0.3 is 6.09 Å². The monoisotopic (exact) mass is 278 g/mol. The van der Waals surface area contributed by atoms with Gasteiger partial charge in [0.15, 0.2) is 0 Å². The number of ether oxygens (including phenoxy) is 1. The van der Waals surface area contributed by atoms with Crippen LogP contribution in [0.15, 0.2) is 18.2 Å². The lowest BCUT2D eigenvalue weighted by Gasteiger charge is -2.24. The van der Waals surface area contributed by atoms with Gasteiger partial charge in [0.1, 0.15) is 5.60 Å². The van der Waals surface area contributed by atoms with Crippen molar-refractivity contribution in [2.45, 2.75) is 39.3 Å². The van der Waals surface area contributed by atoms with E-state index in [1.165, 1.54) is 5.56 Å². The van der Waals surface area contributed by atoms with E-state index in [1.807, 2.05) is 32.9 Å². The number of hydrogen-bond donors (Lipinski definition) is 1. The van der Waals surface area contributed by atoms with Gasteiger partial charge in [0.2, 0.25) is 0 Å². The van der Waals surface area contributed by atoms with Gasteiger partial charge in [-0.05, 0) is 44.4 Å². The van der Waals surface area contributed by atoms with Gasteiger partial charge < -0.3 is 9.57 Å². The van der Waals surface area contributed by atoms with Crippen molar-refractivity contribution in [3.05, 3.63) is 29.3 Å². The van der Waals surface area contributed by atoms with Crippen LogP contribution in [0.2, 0.25) is 0 Å². The SMILES string of the molecule is CONCc1ccc2c(c1)CCN2C(=O)OC(C)(C)C. The first-order chi connectivity index (χ1) is 9.40. The predicted octanol–water partition coefficient (Wildman–Crippen LogP) is 2.64. The molecule has 0 bridgehead atoms. The summed E-state index contributed by atoms with van der Waals surface area (Å²) in [7, 11) is 1.59. The van der Waals surface area contributed by atoms with Crippen molar-refractivity contribution >= 4 is 11.8 Å². The molecule has 1 aromatic rings. The zero-order valence-electron chi connectivity index (χ0n) is 12.5. The zero-order chi connectivity index (χ0) is 14.8. The van der Waals surface area contributed by atoms with Crippen LogP contribution in [0.4, 0.5) is 10.5 Å². The number of nitrogens with one attached hydrogen (secondary N) is 1. The molecule has 0 aliphatic carbocycles. The molecule has 1 aliphatic heterocycles. The lowest BCUT2D eigenvalue weighted by molar-refractivity contribution is 0.0584. The molecule has 0 atom stereocenters. The molecular formula is C15H22N2O3. The molecule has 1 N–H and O–H groups in total. The third kappa shape index (κ3) is 3.49. The number of hydroxylamine groups is 1. The van der Waals surface area contributed by atoms with E-state index in [0.717, 1.165) is 17.7 Å². The maximum atomic E-state index is 12.2. The molecule has 5 heteroatoms. The molecule has 0 unspecified atom stereocenters. The molecule has 0 aromatic heterocycles. The Morgan fingerprint density at radius 3 is 2.80 bits per heavy atom. The van der Waals surface area contributed by atoms with E-state index in [2.05, 4.69) is 11.5 Å². The van der Waals surface area contributed by atoms with Gasteiger partial charge in [0.05, 0.1) is 12.8 Å². The molecular weight excluding hydrogens is 256 g/mol. The Balaban J connectivity index is 2.11. The third-order valence-electron chi connectivity index (χ3n) is 3.07. The Bertz CT molecular complexity index is 494. The minimum Gasteiger partial charge on any atom is -0.443 e. The number of amides is 1. The summed E-state index contributed by atoms with van der Waals surface area (Å²) in [5.74, 6) is 0. The minimum absolute atomic E-state index is 0.279. The first kappa shape index (κ1) is 14.8. The van der Waals surface area contributed by atoms with E-state index in [4.69, 9.17) is 9.57 Å². The third-order valence-corrected chi connectivity index (χ3v) is 3.07. The minimum atomic E-state index is -0.470. The molecule has 0 radical (unpaired) electrons. The molecule has 20 heavy (non-hydrogen) atoms. The maximum absolute atomic E-state index is 12.2. The standard InChI is InChI=1S/C15H22N2O3/c1-15(2,3)20-14(18)17-8-7-12-9-11(10-16-19-4)5-6-13(12)17/h5-6,9,16H,7-8,10H2,1-4H3. The highest BCUT2D eigenvalue weighted by Crippen LogP contribution is 2.30. The summed E-state index contributed by atoms with van der Waals surface area (Å²) < 4.78 is 5.43. The second kappa shape index (κ2) is 5.81. The quantitative estimate of drug-likeness (QED) is 0.864. The molecule has 1 aromatic carbocycles. The Morgan fingerprint density at radius 1 is 1.40 bits per heavy atom. The normalized spacial score (nSPS) is 14.3. The second-order valence-electron chi connectivity index (χ2n) is 5.87. The predicted molar refractivity (Wildman–Crippen MR) is 77.6 cm³/mol. The van der Waals surface area contributed by atoms with Gasteiger partial charge in [-0.3, -0.25) is 4.90 Å². The van der Waals surface area contributed by atoms with Gasteiger partial charge in [0.25, 0.3) is 0 Å². The maximum Gasteiger partial charge on any atom is 0.414 e. The Kier molecular flexibility index (Phi) is 4.30. The van der Waals surface area contributed by atoms with E-state index in [-0.39, 0.29) is 6.09 Å². The average Bonchev–Trinajstić information content (AvgIpc) is 2.77. The molecule has 5 nitrogen and oxygen atoms in total. The van der Waals surface area contributed by atoms with Crippen molar-refractivity contribution in [2.75, 3.05) is 18.6 Å². The number of nitrogens with zero attached hydrogens (tertiary/aromatic N) is 1. The van der Waals surface area contributed by atoms with Crippen LogP contribution in [-0.2, 0) is 22.5 Å². The molecule has 110 valence electrons. The lowest BCUT2D eigenvalue weighted by Crippen LogP contribution is -2.35. The first-order valence-corrected chi connectivity index (χ1v) is 6.79. The van der Waals surface area contributed by atoms with Crippen molar-refractivity contribution < 1.29 is 14.4 Å². The highest BCUT2D eigenvalue weighted by atomic mass is 16.6. The Morgan fingerprint density at radius 2 is 2.15 bits per heavy atom. The number of hydrogen-bond acceptors (Lipinski definition) is 4. The van der Waals surface area contributed by atoms with E-state index in [0.29, 0.717) is 13.1 Å². The van der Waals surface area contributed by atoms with E-state index >= 15 is 0 Å². The molecule has 2 rings (SSSR count). The summed E-state index contributed by atoms with van der Waals surface area (Å²) in [6, 6.07) is 6.07. The van der Waals surface area contributed by atoms with Crippen LogP contribution in [0.5, 0.6) is 0 Å². The molecule has 1 heterocycles. The number of benzene rings is 1. The van der Waals surface area contributed by atoms with Gasteiger partial charge in [-0.2, -0.15) is 5.48 Å². The number of carbonyl (C=O) groups excluding carboxylic acids is 1. The zero-order valence-corrected chi connectivity index (χ0v) is 12.5. The number of rotatable bonds is 3. The van der Waals surface area contributed by atoms with Crippen LogP contribution in [0, 0.1) is 0 Å². The molecule has 0 saturated carbocycles. The fourth-order valence-electron chi connectivity index (χ4n) is 2.23. The van der Waals surface area contributed by atoms with Crippen LogP contribution >= 0.6 is 0 Å². The number of carbonyl (C=O) groups is 1.